The van der Waals surface area contributed by atoms with Crippen molar-refractivity contribution in [2.24, 2.45) is 0 Å². The van der Waals surface area contributed by atoms with Gasteiger partial charge < -0.3 is 19.5 Å². The average Bonchev–Trinajstić information content (AvgIpc) is 2.46. The maximum atomic E-state index is 12.0. The Morgan fingerprint density at radius 3 is 2.15 bits per heavy atom. The van der Waals surface area contributed by atoms with Crippen LogP contribution in [0.3, 0.4) is 0 Å². The molecule has 0 unspecified atom stereocenters. The van der Waals surface area contributed by atoms with Gasteiger partial charge in [-0.15, -0.1) is 0 Å². The fourth-order valence-electron chi connectivity index (χ4n) is 1.48. The topological polar surface area (TPSA) is 73.9 Å². The Labute approximate surface area is 125 Å². The van der Waals surface area contributed by atoms with Crippen molar-refractivity contribution in [1.82, 2.24) is 5.32 Å². The monoisotopic (exact) mass is 345 g/mol. The molecule has 0 atom stereocenters. The number of benzene rings is 1. The lowest BCUT2D eigenvalue weighted by Gasteiger charge is -2.11. The summed E-state index contributed by atoms with van der Waals surface area (Å²) in [5.41, 5.74) is 0.381. The molecule has 6 nitrogen and oxygen atoms in total. The van der Waals surface area contributed by atoms with E-state index in [4.69, 9.17) is 9.47 Å². The highest BCUT2D eigenvalue weighted by atomic mass is 79.9. The first-order valence-corrected chi connectivity index (χ1v) is 6.59. The molecule has 0 aromatic heterocycles. The summed E-state index contributed by atoms with van der Waals surface area (Å²) in [5.74, 6) is 0.277. The number of amides is 1. The van der Waals surface area contributed by atoms with E-state index in [0.29, 0.717) is 21.5 Å². The van der Waals surface area contributed by atoms with Crippen LogP contribution in [0.1, 0.15) is 16.8 Å². The molecule has 1 amide bonds. The molecule has 1 rings (SSSR count). The number of nitrogens with one attached hydrogen (secondary N) is 1. The number of halogens is 1. The number of carbonyl (C=O) groups is 2. The number of rotatable bonds is 6. The number of esters is 1. The Balaban J connectivity index is 2.80. The maximum absolute atomic E-state index is 12.0. The van der Waals surface area contributed by atoms with Gasteiger partial charge in [-0.1, -0.05) is 0 Å². The van der Waals surface area contributed by atoms with E-state index in [0.717, 1.165) is 0 Å². The zero-order chi connectivity index (χ0) is 15.1. The van der Waals surface area contributed by atoms with Gasteiger partial charge in [0.15, 0.2) is 0 Å². The molecule has 0 bridgehead atoms. The van der Waals surface area contributed by atoms with E-state index in [-0.39, 0.29) is 24.8 Å². The first kappa shape index (κ1) is 16.3. The van der Waals surface area contributed by atoms with Crippen molar-refractivity contribution in [3.63, 3.8) is 0 Å². The minimum atomic E-state index is -0.378. The van der Waals surface area contributed by atoms with Crippen LogP contribution in [0, 0.1) is 0 Å². The number of carbonyl (C=O) groups excluding carboxylic acids is 2. The zero-order valence-electron chi connectivity index (χ0n) is 11.5. The lowest BCUT2D eigenvalue weighted by Crippen LogP contribution is -2.26. The molecule has 0 saturated carbocycles. The molecule has 1 N–H and O–H groups in total. The van der Waals surface area contributed by atoms with Gasteiger partial charge >= 0.3 is 5.97 Å². The van der Waals surface area contributed by atoms with Crippen LogP contribution in [-0.4, -0.2) is 39.8 Å². The zero-order valence-corrected chi connectivity index (χ0v) is 13.1. The molecule has 7 heteroatoms. The highest BCUT2D eigenvalue weighted by Gasteiger charge is 2.14. The van der Waals surface area contributed by atoms with E-state index in [9.17, 15) is 9.59 Å². The van der Waals surface area contributed by atoms with Crippen LogP contribution < -0.4 is 14.8 Å². The molecule has 0 saturated heterocycles. The standard InChI is InChI=1S/C13H16BrNO5/c1-18-9-6-8(7-10(19-2)12(9)14)13(17)15-5-4-11(16)20-3/h6-7H,4-5H2,1-3H3,(H,15,17). The maximum Gasteiger partial charge on any atom is 0.307 e. The SMILES string of the molecule is COC(=O)CCNC(=O)c1cc(OC)c(Br)c(OC)c1. The van der Waals surface area contributed by atoms with Crippen LogP contribution in [-0.2, 0) is 9.53 Å². The van der Waals surface area contributed by atoms with Crippen molar-refractivity contribution in [2.75, 3.05) is 27.9 Å². The molecule has 0 aliphatic heterocycles. The molecule has 20 heavy (non-hydrogen) atoms. The summed E-state index contributed by atoms with van der Waals surface area (Å²) in [7, 11) is 4.30. The smallest absolute Gasteiger partial charge is 0.307 e. The third-order valence-electron chi connectivity index (χ3n) is 2.55. The molecule has 0 aliphatic carbocycles. The van der Waals surface area contributed by atoms with E-state index in [1.54, 1.807) is 12.1 Å². The summed E-state index contributed by atoms with van der Waals surface area (Å²) in [6.07, 6.45) is 0.118. The molecule has 0 radical (unpaired) electrons. The Kier molecular flexibility index (Phi) is 6.30. The molecule has 0 fully saturated rings. The second-order valence-corrected chi connectivity index (χ2v) is 4.57. The largest absolute Gasteiger partial charge is 0.495 e. The van der Waals surface area contributed by atoms with Gasteiger partial charge in [-0.25, -0.2) is 0 Å². The minimum Gasteiger partial charge on any atom is -0.495 e. The highest BCUT2D eigenvalue weighted by molar-refractivity contribution is 9.10. The molecule has 1 aromatic carbocycles. The minimum absolute atomic E-state index is 0.118. The van der Waals surface area contributed by atoms with Crippen LogP contribution in [0.4, 0.5) is 0 Å². The summed E-state index contributed by atoms with van der Waals surface area (Å²) in [6, 6.07) is 3.17. The van der Waals surface area contributed by atoms with Gasteiger partial charge in [0.1, 0.15) is 16.0 Å². The Morgan fingerprint density at radius 1 is 1.15 bits per heavy atom. The first-order valence-electron chi connectivity index (χ1n) is 5.80. The molecular weight excluding hydrogens is 330 g/mol. The molecular formula is C13H16BrNO5. The van der Waals surface area contributed by atoms with Crippen LogP contribution in [0.15, 0.2) is 16.6 Å². The van der Waals surface area contributed by atoms with Gasteiger partial charge in [-0.05, 0) is 28.1 Å². The second kappa shape index (κ2) is 7.74. The van der Waals surface area contributed by atoms with Gasteiger partial charge in [-0.2, -0.15) is 0 Å². The van der Waals surface area contributed by atoms with Crippen LogP contribution >= 0.6 is 15.9 Å². The molecule has 110 valence electrons. The summed E-state index contributed by atoms with van der Waals surface area (Å²) >= 11 is 3.32. The van der Waals surface area contributed by atoms with Crippen LogP contribution in [0.5, 0.6) is 11.5 Å². The Bertz CT molecular complexity index is 479. The number of methoxy groups -OCH3 is 3. The first-order chi connectivity index (χ1) is 9.53. The molecule has 0 spiro atoms. The van der Waals surface area contributed by atoms with E-state index in [1.807, 2.05) is 0 Å². The van der Waals surface area contributed by atoms with Crippen molar-refractivity contribution in [2.45, 2.75) is 6.42 Å². The number of ether oxygens (including phenoxy) is 3. The van der Waals surface area contributed by atoms with E-state index < -0.39 is 0 Å². The van der Waals surface area contributed by atoms with Gasteiger partial charge in [0.25, 0.3) is 5.91 Å². The molecule has 1 aromatic rings. The van der Waals surface area contributed by atoms with Gasteiger partial charge in [0.05, 0.1) is 27.8 Å². The fraction of sp³-hybridized carbons (Fsp3) is 0.385. The number of hydrogen-bond acceptors (Lipinski definition) is 5. The van der Waals surface area contributed by atoms with Gasteiger partial charge in [-0.3, -0.25) is 9.59 Å². The van der Waals surface area contributed by atoms with E-state index >= 15 is 0 Å². The van der Waals surface area contributed by atoms with Crippen molar-refractivity contribution in [3.8, 4) is 11.5 Å². The molecule has 0 heterocycles. The lowest BCUT2D eigenvalue weighted by atomic mass is 10.2. The van der Waals surface area contributed by atoms with Gasteiger partial charge in [0, 0.05) is 12.1 Å². The van der Waals surface area contributed by atoms with Crippen molar-refractivity contribution >= 4 is 27.8 Å². The van der Waals surface area contributed by atoms with Crippen LogP contribution in [0.25, 0.3) is 0 Å². The van der Waals surface area contributed by atoms with Crippen LogP contribution in [0.2, 0.25) is 0 Å². The summed E-state index contributed by atoms with van der Waals surface area (Å²) in [6.45, 7) is 0.201. The second-order valence-electron chi connectivity index (χ2n) is 3.78. The molecule has 0 aliphatic rings. The average molecular weight is 346 g/mol. The predicted molar refractivity (Wildman–Crippen MR) is 76.2 cm³/mol. The van der Waals surface area contributed by atoms with Crippen molar-refractivity contribution < 1.29 is 23.8 Å². The quantitative estimate of drug-likeness (QED) is 0.795. The summed E-state index contributed by atoms with van der Waals surface area (Å²) in [4.78, 5) is 22.9. The van der Waals surface area contributed by atoms with E-state index in [1.165, 1.54) is 21.3 Å². The Morgan fingerprint density at radius 2 is 1.70 bits per heavy atom. The van der Waals surface area contributed by atoms with Crippen molar-refractivity contribution in [1.29, 1.82) is 0 Å². The summed E-state index contributed by atoms with van der Waals surface area (Å²) in [5, 5.41) is 2.62. The van der Waals surface area contributed by atoms with E-state index in [2.05, 4.69) is 26.0 Å². The lowest BCUT2D eigenvalue weighted by molar-refractivity contribution is -0.140. The Hall–Kier alpha value is -1.76. The fourth-order valence-corrected chi connectivity index (χ4v) is 2.04. The summed E-state index contributed by atoms with van der Waals surface area (Å²) < 4.78 is 15.4. The predicted octanol–water partition coefficient (Wildman–Crippen LogP) is 1.76. The number of hydrogen-bond donors (Lipinski definition) is 1. The third-order valence-corrected chi connectivity index (χ3v) is 3.33. The van der Waals surface area contributed by atoms with Crippen molar-refractivity contribution in [3.05, 3.63) is 22.2 Å². The van der Waals surface area contributed by atoms with Gasteiger partial charge in [0.2, 0.25) is 0 Å². The normalized spacial score (nSPS) is 9.80. The highest BCUT2D eigenvalue weighted by Crippen LogP contribution is 2.35. The third kappa shape index (κ3) is 4.12.